The van der Waals surface area contributed by atoms with E-state index in [2.05, 4.69) is 21.6 Å². The van der Waals surface area contributed by atoms with Crippen molar-refractivity contribution in [1.82, 2.24) is 15.5 Å². The Balaban J connectivity index is 2.64. The summed E-state index contributed by atoms with van der Waals surface area (Å²) in [6, 6.07) is 1.63. The van der Waals surface area contributed by atoms with E-state index in [1.807, 2.05) is 6.92 Å². The largest absolute Gasteiger partial charge is 0.336 e. The molecule has 80 valence electrons. The van der Waals surface area contributed by atoms with Crippen LogP contribution in [0.1, 0.15) is 35.8 Å². The lowest BCUT2D eigenvalue weighted by atomic mass is 10.1. The van der Waals surface area contributed by atoms with E-state index in [0.29, 0.717) is 17.7 Å². The standard InChI is InChI=1S/C10H14N4O/c1-3-4-8(5-11)13-10(15)9-6-12-14-7(9)2/h6,8H,3-4H2,1-2H3,(H,12,14)(H,13,15). The predicted molar refractivity (Wildman–Crippen MR) is 55.1 cm³/mol. The molecule has 15 heavy (non-hydrogen) atoms. The summed E-state index contributed by atoms with van der Waals surface area (Å²) >= 11 is 0. The molecule has 1 heterocycles. The predicted octanol–water partition coefficient (Wildman–Crippen LogP) is 1.14. The molecule has 5 nitrogen and oxygen atoms in total. The molecule has 1 atom stereocenters. The van der Waals surface area contributed by atoms with Crippen molar-refractivity contribution in [2.24, 2.45) is 0 Å². The highest BCUT2D eigenvalue weighted by Crippen LogP contribution is 2.03. The first-order valence-corrected chi connectivity index (χ1v) is 4.89. The van der Waals surface area contributed by atoms with Crippen LogP contribution in [0.2, 0.25) is 0 Å². The minimum atomic E-state index is -0.420. The van der Waals surface area contributed by atoms with E-state index in [0.717, 1.165) is 6.42 Å². The van der Waals surface area contributed by atoms with E-state index in [1.165, 1.54) is 6.20 Å². The van der Waals surface area contributed by atoms with Gasteiger partial charge in [-0.1, -0.05) is 13.3 Å². The molecule has 0 aliphatic rings. The number of aryl methyl sites for hydroxylation is 1. The molecule has 0 spiro atoms. The SMILES string of the molecule is CCCC(C#N)NC(=O)c1cn[nH]c1C. The Hall–Kier alpha value is -1.83. The monoisotopic (exact) mass is 206 g/mol. The fourth-order valence-corrected chi connectivity index (χ4v) is 1.27. The van der Waals surface area contributed by atoms with Gasteiger partial charge in [0.25, 0.3) is 5.91 Å². The van der Waals surface area contributed by atoms with Crippen LogP contribution in [0.3, 0.4) is 0 Å². The number of carbonyl (C=O) groups is 1. The lowest BCUT2D eigenvalue weighted by Crippen LogP contribution is -2.33. The van der Waals surface area contributed by atoms with Crippen LogP contribution in [0.5, 0.6) is 0 Å². The van der Waals surface area contributed by atoms with Crippen LogP contribution in [-0.2, 0) is 0 Å². The first-order valence-electron chi connectivity index (χ1n) is 4.89. The van der Waals surface area contributed by atoms with E-state index in [-0.39, 0.29) is 5.91 Å². The first kappa shape index (κ1) is 11.2. The molecular formula is C10H14N4O. The molecule has 1 aromatic heterocycles. The Kier molecular flexibility index (Phi) is 3.86. The molecule has 0 saturated heterocycles. The zero-order chi connectivity index (χ0) is 11.3. The van der Waals surface area contributed by atoms with Crippen molar-refractivity contribution in [2.75, 3.05) is 0 Å². The highest BCUT2D eigenvalue weighted by Gasteiger charge is 2.14. The van der Waals surface area contributed by atoms with Gasteiger partial charge in [0, 0.05) is 5.69 Å². The maximum atomic E-state index is 11.6. The molecule has 0 aliphatic heterocycles. The maximum Gasteiger partial charge on any atom is 0.255 e. The van der Waals surface area contributed by atoms with Gasteiger partial charge in [0.05, 0.1) is 17.8 Å². The number of H-pyrrole nitrogens is 1. The van der Waals surface area contributed by atoms with Gasteiger partial charge in [-0.25, -0.2) is 0 Å². The second-order valence-electron chi connectivity index (χ2n) is 3.35. The van der Waals surface area contributed by atoms with Gasteiger partial charge in [0.15, 0.2) is 0 Å². The topological polar surface area (TPSA) is 81.6 Å². The number of rotatable bonds is 4. The number of aromatic amines is 1. The summed E-state index contributed by atoms with van der Waals surface area (Å²) in [7, 11) is 0. The van der Waals surface area contributed by atoms with E-state index >= 15 is 0 Å². The van der Waals surface area contributed by atoms with Gasteiger partial charge in [-0.2, -0.15) is 10.4 Å². The van der Waals surface area contributed by atoms with Crippen molar-refractivity contribution >= 4 is 5.91 Å². The Morgan fingerprint density at radius 3 is 3.00 bits per heavy atom. The van der Waals surface area contributed by atoms with Gasteiger partial charge in [-0.3, -0.25) is 9.89 Å². The van der Waals surface area contributed by atoms with Crippen molar-refractivity contribution in [3.8, 4) is 6.07 Å². The fourth-order valence-electron chi connectivity index (χ4n) is 1.27. The van der Waals surface area contributed by atoms with Crippen LogP contribution < -0.4 is 5.32 Å². The smallest absolute Gasteiger partial charge is 0.255 e. The second kappa shape index (κ2) is 5.15. The van der Waals surface area contributed by atoms with Crippen molar-refractivity contribution < 1.29 is 4.79 Å². The number of carbonyl (C=O) groups excluding carboxylic acids is 1. The molecule has 1 amide bonds. The molecule has 0 aliphatic carbocycles. The van der Waals surface area contributed by atoms with Crippen molar-refractivity contribution in [1.29, 1.82) is 5.26 Å². The first-order chi connectivity index (χ1) is 7.19. The Morgan fingerprint density at radius 1 is 1.80 bits per heavy atom. The molecule has 1 rings (SSSR count). The van der Waals surface area contributed by atoms with Crippen LogP contribution >= 0.6 is 0 Å². The van der Waals surface area contributed by atoms with Crippen LogP contribution in [0, 0.1) is 18.3 Å². The zero-order valence-corrected chi connectivity index (χ0v) is 8.87. The van der Waals surface area contributed by atoms with Gasteiger partial charge in [-0.05, 0) is 13.3 Å². The van der Waals surface area contributed by atoms with E-state index in [1.54, 1.807) is 6.92 Å². The number of hydrogen-bond acceptors (Lipinski definition) is 3. The molecule has 0 aromatic carbocycles. The second-order valence-corrected chi connectivity index (χ2v) is 3.35. The summed E-state index contributed by atoms with van der Waals surface area (Å²) in [5.74, 6) is -0.249. The molecule has 0 saturated carbocycles. The van der Waals surface area contributed by atoms with E-state index in [4.69, 9.17) is 5.26 Å². The van der Waals surface area contributed by atoms with Crippen LogP contribution in [-0.4, -0.2) is 22.1 Å². The van der Waals surface area contributed by atoms with Crippen LogP contribution in [0.4, 0.5) is 0 Å². The lowest BCUT2D eigenvalue weighted by Gasteiger charge is -2.09. The Bertz CT molecular complexity index is 377. The summed E-state index contributed by atoms with van der Waals surface area (Å²) in [6.45, 7) is 3.74. The number of nitrogens with one attached hydrogen (secondary N) is 2. The highest BCUT2D eigenvalue weighted by molar-refractivity contribution is 5.95. The van der Waals surface area contributed by atoms with Gasteiger partial charge in [0.1, 0.15) is 6.04 Å². The van der Waals surface area contributed by atoms with Crippen molar-refractivity contribution in [3.05, 3.63) is 17.5 Å². The number of amides is 1. The lowest BCUT2D eigenvalue weighted by molar-refractivity contribution is 0.0943. The number of hydrogen-bond donors (Lipinski definition) is 2. The Labute approximate surface area is 88.5 Å². The van der Waals surface area contributed by atoms with Crippen molar-refractivity contribution in [2.45, 2.75) is 32.7 Å². The van der Waals surface area contributed by atoms with Gasteiger partial charge in [-0.15, -0.1) is 0 Å². The molecule has 0 radical (unpaired) electrons. The molecular weight excluding hydrogens is 192 g/mol. The molecule has 5 heteroatoms. The quantitative estimate of drug-likeness (QED) is 0.775. The zero-order valence-electron chi connectivity index (χ0n) is 8.87. The van der Waals surface area contributed by atoms with Crippen LogP contribution in [0.15, 0.2) is 6.20 Å². The van der Waals surface area contributed by atoms with Gasteiger partial charge < -0.3 is 5.32 Å². The van der Waals surface area contributed by atoms with Gasteiger partial charge >= 0.3 is 0 Å². The Morgan fingerprint density at radius 2 is 2.53 bits per heavy atom. The minimum absolute atomic E-state index is 0.249. The molecule has 1 aromatic rings. The highest BCUT2D eigenvalue weighted by atomic mass is 16.1. The van der Waals surface area contributed by atoms with Crippen LogP contribution in [0.25, 0.3) is 0 Å². The summed E-state index contributed by atoms with van der Waals surface area (Å²) in [5, 5.41) is 17.9. The van der Waals surface area contributed by atoms with Crippen molar-refractivity contribution in [3.63, 3.8) is 0 Å². The number of nitrogens with zero attached hydrogens (tertiary/aromatic N) is 2. The summed E-state index contributed by atoms with van der Waals surface area (Å²) in [5.41, 5.74) is 1.20. The molecule has 0 bridgehead atoms. The minimum Gasteiger partial charge on any atom is -0.336 e. The number of aromatic nitrogens is 2. The summed E-state index contributed by atoms with van der Waals surface area (Å²) < 4.78 is 0. The fraction of sp³-hybridized carbons (Fsp3) is 0.500. The van der Waals surface area contributed by atoms with E-state index < -0.39 is 6.04 Å². The third kappa shape index (κ3) is 2.81. The summed E-state index contributed by atoms with van der Waals surface area (Å²) in [4.78, 5) is 11.6. The summed E-state index contributed by atoms with van der Waals surface area (Å²) in [6.07, 6.45) is 2.99. The maximum absolute atomic E-state index is 11.6. The molecule has 2 N–H and O–H groups in total. The third-order valence-corrected chi connectivity index (χ3v) is 2.11. The normalized spacial score (nSPS) is 11.8. The average molecular weight is 206 g/mol. The molecule has 1 unspecified atom stereocenters. The number of nitriles is 1. The van der Waals surface area contributed by atoms with E-state index in [9.17, 15) is 4.79 Å². The average Bonchev–Trinajstić information content (AvgIpc) is 2.63. The van der Waals surface area contributed by atoms with Gasteiger partial charge in [0.2, 0.25) is 0 Å². The molecule has 0 fully saturated rings. The third-order valence-electron chi connectivity index (χ3n) is 2.11.